The molecule has 6 heteroatoms. The number of nitrogens with zero attached hydrogens (tertiary/aromatic N) is 2. The van der Waals surface area contributed by atoms with E-state index in [-0.39, 0.29) is 5.91 Å². The molecule has 0 atom stereocenters. The summed E-state index contributed by atoms with van der Waals surface area (Å²) < 4.78 is 12.9. The molecule has 0 bridgehead atoms. The van der Waals surface area contributed by atoms with Gasteiger partial charge in [-0.15, -0.1) is 0 Å². The molecule has 0 aliphatic rings. The molecule has 6 nitrogen and oxygen atoms in total. The van der Waals surface area contributed by atoms with E-state index < -0.39 is 0 Å². The molecular formula is C21H21N3O3. The average molecular weight is 363 g/mol. The second-order valence-electron chi connectivity index (χ2n) is 5.80. The summed E-state index contributed by atoms with van der Waals surface area (Å²) in [6, 6.07) is 14.6. The molecule has 2 aromatic carbocycles. The lowest BCUT2D eigenvalue weighted by Crippen LogP contribution is -2.07. The van der Waals surface area contributed by atoms with Gasteiger partial charge in [0.05, 0.1) is 12.8 Å². The van der Waals surface area contributed by atoms with Gasteiger partial charge in [0.2, 0.25) is 5.91 Å². The van der Waals surface area contributed by atoms with Crippen molar-refractivity contribution in [2.75, 3.05) is 11.9 Å². The zero-order valence-corrected chi connectivity index (χ0v) is 15.3. The minimum Gasteiger partial charge on any atom is -0.494 e. The van der Waals surface area contributed by atoms with Gasteiger partial charge in [-0.2, -0.15) is 5.10 Å². The third-order valence-corrected chi connectivity index (χ3v) is 3.64. The minimum atomic E-state index is -0.209. The molecule has 3 aromatic rings. The molecule has 27 heavy (non-hydrogen) atoms. The summed E-state index contributed by atoms with van der Waals surface area (Å²) in [5.41, 5.74) is 1.56. The molecule has 0 unspecified atom stereocenters. The normalized spacial score (nSPS) is 10.7. The summed E-state index contributed by atoms with van der Waals surface area (Å²) in [4.78, 5) is 12.0. The van der Waals surface area contributed by atoms with Gasteiger partial charge >= 0.3 is 0 Å². The molecule has 0 aliphatic heterocycles. The van der Waals surface area contributed by atoms with Gasteiger partial charge in [-0.25, -0.2) is 0 Å². The lowest BCUT2D eigenvalue weighted by molar-refractivity contribution is -0.111. The van der Waals surface area contributed by atoms with Gasteiger partial charge in [0.25, 0.3) is 0 Å². The van der Waals surface area contributed by atoms with Crippen molar-refractivity contribution < 1.29 is 14.3 Å². The standard InChI is InChI=1S/C21H21N3O3/c1-3-26-18-9-11-20(12-10-18)27-19-7-5-17(6-8-19)23-21(25)13-4-16-14-22-24(2)15-16/h4-15H,3H2,1-2H3,(H,23,25)/b13-4+. The van der Waals surface area contributed by atoms with E-state index in [0.29, 0.717) is 18.0 Å². The van der Waals surface area contributed by atoms with Crippen LogP contribution in [0.1, 0.15) is 12.5 Å². The fraction of sp³-hybridized carbons (Fsp3) is 0.143. The number of nitrogens with one attached hydrogen (secondary N) is 1. The van der Waals surface area contributed by atoms with Crippen LogP contribution in [0.3, 0.4) is 0 Å². The van der Waals surface area contributed by atoms with Gasteiger partial charge in [0.15, 0.2) is 0 Å². The zero-order chi connectivity index (χ0) is 19.1. The van der Waals surface area contributed by atoms with Gasteiger partial charge in [-0.3, -0.25) is 9.48 Å². The first-order valence-corrected chi connectivity index (χ1v) is 8.61. The largest absolute Gasteiger partial charge is 0.494 e. The lowest BCUT2D eigenvalue weighted by Gasteiger charge is -2.08. The van der Waals surface area contributed by atoms with E-state index >= 15 is 0 Å². The number of amides is 1. The van der Waals surface area contributed by atoms with Crippen LogP contribution in [0.25, 0.3) is 6.08 Å². The van der Waals surface area contributed by atoms with E-state index in [2.05, 4.69) is 10.4 Å². The van der Waals surface area contributed by atoms with E-state index in [9.17, 15) is 4.79 Å². The van der Waals surface area contributed by atoms with Crippen LogP contribution in [0.2, 0.25) is 0 Å². The molecule has 0 radical (unpaired) electrons. The second-order valence-corrected chi connectivity index (χ2v) is 5.80. The van der Waals surface area contributed by atoms with Crippen LogP contribution in [0.4, 0.5) is 5.69 Å². The summed E-state index contributed by atoms with van der Waals surface area (Å²) in [7, 11) is 1.83. The van der Waals surface area contributed by atoms with Crippen LogP contribution in [0, 0.1) is 0 Å². The summed E-state index contributed by atoms with van der Waals surface area (Å²) >= 11 is 0. The van der Waals surface area contributed by atoms with Crippen molar-refractivity contribution in [3.05, 3.63) is 72.6 Å². The van der Waals surface area contributed by atoms with Gasteiger partial charge < -0.3 is 14.8 Å². The minimum absolute atomic E-state index is 0.209. The Morgan fingerprint density at radius 2 is 1.70 bits per heavy atom. The van der Waals surface area contributed by atoms with E-state index in [0.717, 1.165) is 17.1 Å². The highest BCUT2D eigenvalue weighted by atomic mass is 16.5. The molecule has 0 spiro atoms. The first-order chi connectivity index (χ1) is 13.1. The smallest absolute Gasteiger partial charge is 0.248 e. The molecule has 1 heterocycles. The van der Waals surface area contributed by atoms with Crippen molar-refractivity contribution in [3.63, 3.8) is 0 Å². The molecule has 138 valence electrons. The highest BCUT2D eigenvalue weighted by Gasteiger charge is 2.02. The summed E-state index contributed by atoms with van der Waals surface area (Å²) in [6.07, 6.45) is 6.71. The highest BCUT2D eigenvalue weighted by molar-refractivity contribution is 6.01. The van der Waals surface area contributed by atoms with E-state index in [1.807, 2.05) is 44.4 Å². The number of ether oxygens (including phenoxy) is 2. The van der Waals surface area contributed by atoms with Crippen LogP contribution in [-0.2, 0) is 11.8 Å². The van der Waals surface area contributed by atoms with E-state index in [1.54, 1.807) is 41.2 Å². The molecular weight excluding hydrogens is 342 g/mol. The number of benzene rings is 2. The van der Waals surface area contributed by atoms with Crippen molar-refractivity contribution >= 4 is 17.7 Å². The van der Waals surface area contributed by atoms with Gasteiger partial charge in [0.1, 0.15) is 17.2 Å². The summed E-state index contributed by atoms with van der Waals surface area (Å²) in [5, 5.41) is 6.86. The van der Waals surface area contributed by atoms with Crippen molar-refractivity contribution in [1.82, 2.24) is 9.78 Å². The molecule has 0 saturated heterocycles. The summed E-state index contributed by atoms with van der Waals surface area (Å²) in [5.74, 6) is 2.00. The number of anilines is 1. The number of hydrogen-bond acceptors (Lipinski definition) is 4. The molecule has 1 aromatic heterocycles. The van der Waals surface area contributed by atoms with Gasteiger partial charge in [0, 0.05) is 30.6 Å². The van der Waals surface area contributed by atoms with E-state index in [4.69, 9.17) is 9.47 Å². The Morgan fingerprint density at radius 1 is 1.07 bits per heavy atom. The Kier molecular flexibility index (Phi) is 5.89. The Hall–Kier alpha value is -3.54. The predicted octanol–water partition coefficient (Wildman–Crippen LogP) is 4.26. The third-order valence-electron chi connectivity index (χ3n) is 3.64. The van der Waals surface area contributed by atoms with Crippen molar-refractivity contribution in [3.8, 4) is 17.2 Å². The third kappa shape index (κ3) is 5.47. The summed E-state index contributed by atoms with van der Waals surface area (Å²) in [6.45, 7) is 2.57. The second kappa shape index (κ2) is 8.71. The lowest BCUT2D eigenvalue weighted by atomic mass is 10.2. The Bertz CT molecular complexity index is 913. The number of aromatic nitrogens is 2. The topological polar surface area (TPSA) is 65.4 Å². The molecule has 0 saturated carbocycles. The zero-order valence-electron chi connectivity index (χ0n) is 15.3. The van der Waals surface area contributed by atoms with Crippen LogP contribution in [0.5, 0.6) is 17.2 Å². The van der Waals surface area contributed by atoms with Crippen LogP contribution in [0.15, 0.2) is 67.0 Å². The Balaban J connectivity index is 1.55. The van der Waals surface area contributed by atoms with Crippen molar-refractivity contribution in [1.29, 1.82) is 0 Å². The molecule has 0 aliphatic carbocycles. The molecule has 0 fully saturated rings. The number of carbonyl (C=O) groups excluding carboxylic acids is 1. The fourth-order valence-corrected chi connectivity index (χ4v) is 2.40. The molecule has 1 amide bonds. The maximum absolute atomic E-state index is 12.0. The number of aryl methyl sites for hydroxylation is 1. The maximum Gasteiger partial charge on any atom is 0.248 e. The van der Waals surface area contributed by atoms with Crippen LogP contribution >= 0.6 is 0 Å². The van der Waals surface area contributed by atoms with Crippen LogP contribution < -0.4 is 14.8 Å². The van der Waals surface area contributed by atoms with E-state index in [1.165, 1.54) is 6.08 Å². The first-order valence-electron chi connectivity index (χ1n) is 8.61. The van der Waals surface area contributed by atoms with Gasteiger partial charge in [-0.1, -0.05) is 0 Å². The monoisotopic (exact) mass is 363 g/mol. The molecule has 1 N–H and O–H groups in total. The average Bonchev–Trinajstić information content (AvgIpc) is 3.09. The maximum atomic E-state index is 12.0. The first kappa shape index (κ1) is 18.3. The highest BCUT2D eigenvalue weighted by Crippen LogP contribution is 2.25. The Morgan fingerprint density at radius 3 is 2.30 bits per heavy atom. The number of carbonyl (C=O) groups is 1. The number of rotatable bonds is 7. The predicted molar refractivity (Wildman–Crippen MR) is 105 cm³/mol. The van der Waals surface area contributed by atoms with Gasteiger partial charge in [-0.05, 0) is 61.5 Å². The number of hydrogen-bond donors (Lipinski definition) is 1. The Labute approximate surface area is 158 Å². The fourth-order valence-electron chi connectivity index (χ4n) is 2.40. The SMILES string of the molecule is CCOc1ccc(Oc2ccc(NC(=O)/C=C/c3cnn(C)c3)cc2)cc1. The van der Waals surface area contributed by atoms with Crippen molar-refractivity contribution in [2.24, 2.45) is 7.05 Å². The molecule has 3 rings (SSSR count). The van der Waals surface area contributed by atoms with Crippen LogP contribution in [-0.4, -0.2) is 22.3 Å². The quantitative estimate of drug-likeness (QED) is 0.637. The van der Waals surface area contributed by atoms with Crippen molar-refractivity contribution in [2.45, 2.75) is 6.92 Å².